The Kier molecular flexibility index (Phi) is 15.7. The quantitative estimate of drug-likeness (QED) is 0.165. The normalized spacial score (nSPS) is 27.1. The van der Waals surface area contributed by atoms with E-state index >= 15 is 0 Å². The zero-order valence-electron chi connectivity index (χ0n) is 32.6. The van der Waals surface area contributed by atoms with Gasteiger partial charge in [-0.1, -0.05) is 119 Å². The minimum absolute atomic E-state index is 0.00780. The predicted octanol–water partition coefficient (Wildman–Crippen LogP) is 7.25. The molecule has 2 aliphatic heterocycles. The summed E-state index contributed by atoms with van der Waals surface area (Å²) in [5.74, 6) is -0.828. The van der Waals surface area contributed by atoms with Crippen LogP contribution in [0, 0.1) is 10.8 Å². The highest BCUT2D eigenvalue weighted by Crippen LogP contribution is 2.34. The molecule has 0 aromatic carbocycles. The van der Waals surface area contributed by atoms with Crippen LogP contribution >= 0.6 is 0 Å². The SMILES string of the molecule is C/C=C/C(O)C(C)(C)C1C/C=C\C=C/C=CC(OC)Cc2nc(co2)C(=O)OC(C(C)(C)C(O)/C=C/C)C/C=C\C2OC2/C=C/C=Cc2nc(co2)C(=O)O1. The number of rotatable bonds is 7. The van der Waals surface area contributed by atoms with E-state index < -0.39 is 53.3 Å². The van der Waals surface area contributed by atoms with Gasteiger partial charge in [0, 0.05) is 36.9 Å². The monoisotopic (exact) mass is 758 g/mol. The number of carbonyl (C=O) groups excluding carboxylic acids is 2. The Hall–Kier alpha value is -4.88. The van der Waals surface area contributed by atoms with E-state index in [2.05, 4.69) is 9.97 Å². The molecular formula is C43H54N2O10. The van der Waals surface area contributed by atoms with Crippen LogP contribution in [0.15, 0.2) is 113 Å². The number of hydrogen-bond acceptors (Lipinski definition) is 12. The minimum Gasteiger partial charge on any atom is -0.457 e. The Morgan fingerprint density at radius 1 is 0.745 bits per heavy atom. The topological polar surface area (TPSA) is 167 Å². The lowest BCUT2D eigenvalue weighted by molar-refractivity contribution is -0.0461. The van der Waals surface area contributed by atoms with E-state index in [1.54, 1.807) is 49.6 Å². The van der Waals surface area contributed by atoms with Crippen LogP contribution < -0.4 is 0 Å². The molecule has 296 valence electrons. The first-order chi connectivity index (χ1) is 26.3. The molecule has 0 amide bonds. The van der Waals surface area contributed by atoms with E-state index in [0.717, 1.165) is 0 Å². The molecule has 0 radical (unpaired) electrons. The molecule has 0 aliphatic carbocycles. The lowest BCUT2D eigenvalue weighted by atomic mass is 9.79. The van der Waals surface area contributed by atoms with Gasteiger partial charge < -0.3 is 38.0 Å². The zero-order valence-corrected chi connectivity index (χ0v) is 32.6. The molecule has 2 aromatic rings. The molecule has 2 N–H and O–H groups in total. The van der Waals surface area contributed by atoms with Crippen LogP contribution in [0.2, 0.25) is 0 Å². The maximum Gasteiger partial charge on any atom is 0.360 e. The highest BCUT2D eigenvalue weighted by molar-refractivity contribution is 5.87. The number of fused-ring (bicyclic) bond motifs is 5. The van der Waals surface area contributed by atoms with E-state index in [-0.39, 0.29) is 35.9 Å². The third-order valence-electron chi connectivity index (χ3n) is 9.64. The molecule has 55 heavy (non-hydrogen) atoms. The van der Waals surface area contributed by atoms with Crippen LogP contribution in [0.5, 0.6) is 0 Å². The summed E-state index contributed by atoms with van der Waals surface area (Å²) in [6.07, 6.45) is 28.0. The molecule has 4 bridgehead atoms. The second kappa shape index (κ2) is 20.2. The molecule has 12 nitrogen and oxygen atoms in total. The third-order valence-corrected chi connectivity index (χ3v) is 9.64. The standard InChI is InChI=1S/C43H54N2O10/c1-8-18-34(46)42(3,4)36-23-14-12-10-11-13-20-29(50-7)26-39-45-31(28-52-39)41(49)55-37(43(5,6)35(47)19-9-2)24-17-22-33-32(53-33)21-15-16-25-38-44-30(27-51-38)40(48)54-36/h8-22,25,27-29,32-37,46-47H,23-24,26H2,1-7H3/b11-10-,14-12-,18-8+,19-9+,20-13?,21-15+,22-17-,25-16?. The van der Waals surface area contributed by atoms with Crippen molar-refractivity contribution in [2.45, 2.75) is 104 Å². The minimum atomic E-state index is -0.880. The van der Waals surface area contributed by atoms with E-state index in [1.165, 1.54) is 12.5 Å². The van der Waals surface area contributed by atoms with Gasteiger partial charge in [0.05, 0.1) is 24.7 Å². The molecule has 7 unspecified atom stereocenters. The molecule has 2 aromatic heterocycles. The van der Waals surface area contributed by atoms with Crippen LogP contribution in [0.3, 0.4) is 0 Å². The fourth-order valence-electron chi connectivity index (χ4n) is 5.68. The largest absolute Gasteiger partial charge is 0.457 e. The van der Waals surface area contributed by atoms with Crippen molar-refractivity contribution < 1.29 is 47.6 Å². The van der Waals surface area contributed by atoms with Gasteiger partial charge in [-0.2, -0.15) is 0 Å². The molecule has 1 saturated heterocycles. The average Bonchev–Trinajstić information content (AvgIpc) is 3.47. The summed E-state index contributed by atoms with van der Waals surface area (Å²) in [5, 5.41) is 21.8. The van der Waals surface area contributed by atoms with Crippen molar-refractivity contribution in [3.63, 3.8) is 0 Å². The number of allylic oxidation sites excluding steroid dienone is 8. The lowest BCUT2D eigenvalue weighted by Gasteiger charge is -2.36. The third kappa shape index (κ3) is 12.3. The number of epoxide rings is 1. The first-order valence-electron chi connectivity index (χ1n) is 18.4. The van der Waals surface area contributed by atoms with Crippen LogP contribution in [-0.4, -0.2) is 82.0 Å². The van der Waals surface area contributed by atoms with Crippen molar-refractivity contribution >= 4 is 18.0 Å². The van der Waals surface area contributed by atoms with Crippen molar-refractivity contribution in [3.8, 4) is 0 Å². The number of esters is 2. The van der Waals surface area contributed by atoms with Crippen molar-refractivity contribution in [1.29, 1.82) is 0 Å². The van der Waals surface area contributed by atoms with Crippen molar-refractivity contribution in [2.75, 3.05) is 7.11 Å². The van der Waals surface area contributed by atoms with Gasteiger partial charge in [0.25, 0.3) is 0 Å². The predicted molar refractivity (Wildman–Crippen MR) is 208 cm³/mol. The van der Waals surface area contributed by atoms with Gasteiger partial charge >= 0.3 is 11.9 Å². The number of hydrogen-bond donors (Lipinski definition) is 2. The number of carbonyl (C=O) groups is 2. The number of oxazole rings is 2. The molecule has 7 atom stereocenters. The maximum absolute atomic E-state index is 13.3. The summed E-state index contributed by atoms with van der Waals surface area (Å²) >= 11 is 0. The first kappa shape index (κ1) is 42.9. The molecular weight excluding hydrogens is 704 g/mol. The van der Waals surface area contributed by atoms with Crippen molar-refractivity contribution in [2.24, 2.45) is 10.8 Å². The van der Waals surface area contributed by atoms with Gasteiger partial charge in [-0.05, 0) is 13.8 Å². The summed E-state index contributed by atoms with van der Waals surface area (Å²) < 4.78 is 34.3. The molecule has 2 aliphatic rings. The summed E-state index contributed by atoms with van der Waals surface area (Å²) in [6, 6.07) is 0. The Bertz CT molecular complexity index is 1800. The fourth-order valence-corrected chi connectivity index (χ4v) is 5.68. The Morgan fingerprint density at radius 2 is 1.31 bits per heavy atom. The molecule has 4 heterocycles. The second-order valence-electron chi connectivity index (χ2n) is 14.5. The van der Waals surface area contributed by atoms with Gasteiger partial charge in [-0.25, -0.2) is 19.6 Å². The van der Waals surface area contributed by atoms with E-state index in [4.69, 9.17) is 27.8 Å². The van der Waals surface area contributed by atoms with Crippen LogP contribution in [-0.2, 0) is 25.4 Å². The van der Waals surface area contributed by atoms with E-state index in [0.29, 0.717) is 18.7 Å². The molecule has 12 heteroatoms. The van der Waals surface area contributed by atoms with Gasteiger partial charge in [0.15, 0.2) is 17.3 Å². The fraction of sp³-hybridized carbons (Fsp3) is 0.442. The van der Waals surface area contributed by atoms with Gasteiger partial charge in [0.1, 0.15) is 36.9 Å². The lowest BCUT2D eigenvalue weighted by Crippen LogP contribution is -2.42. The van der Waals surface area contributed by atoms with E-state index in [1.807, 2.05) is 96.2 Å². The Morgan fingerprint density at radius 3 is 1.95 bits per heavy atom. The molecule has 0 spiro atoms. The maximum atomic E-state index is 13.3. The van der Waals surface area contributed by atoms with Gasteiger partial charge in [-0.15, -0.1) is 0 Å². The summed E-state index contributed by atoms with van der Waals surface area (Å²) in [7, 11) is 1.56. The highest BCUT2D eigenvalue weighted by atomic mass is 16.6. The van der Waals surface area contributed by atoms with E-state index in [9.17, 15) is 19.8 Å². The number of nitrogens with zero attached hydrogens (tertiary/aromatic N) is 2. The number of methoxy groups -OCH3 is 1. The zero-order chi connectivity index (χ0) is 40.0. The number of aliphatic hydroxyl groups excluding tert-OH is 2. The Labute approximate surface area is 323 Å². The van der Waals surface area contributed by atoms with Gasteiger partial charge in [-0.3, -0.25) is 0 Å². The second-order valence-corrected chi connectivity index (χ2v) is 14.5. The smallest absolute Gasteiger partial charge is 0.360 e. The molecule has 1 fully saturated rings. The van der Waals surface area contributed by atoms with Crippen LogP contribution in [0.1, 0.15) is 87.1 Å². The van der Waals surface area contributed by atoms with Gasteiger partial charge in [0.2, 0.25) is 5.89 Å². The molecule has 4 rings (SSSR count). The number of cyclic esters (lactones) is 2. The number of aliphatic hydroxyl groups is 2. The summed E-state index contributed by atoms with van der Waals surface area (Å²) in [4.78, 5) is 35.2. The molecule has 0 saturated carbocycles. The Balaban J connectivity index is 1.58. The van der Waals surface area contributed by atoms with Crippen molar-refractivity contribution in [3.05, 3.63) is 127 Å². The summed E-state index contributed by atoms with van der Waals surface area (Å²) in [5.41, 5.74) is -1.66. The number of aromatic nitrogens is 2. The number of ether oxygens (including phenoxy) is 4. The highest BCUT2D eigenvalue weighted by Gasteiger charge is 2.40. The average molecular weight is 759 g/mol. The summed E-state index contributed by atoms with van der Waals surface area (Å²) in [6.45, 7) is 11.0. The first-order valence-corrected chi connectivity index (χ1v) is 18.4. The van der Waals surface area contributed by atoms with Crippen LogP contribution in [0.25, 0.3) is 6.08 Å². The van der Waals surface area contributed by atoms with Crippen molar-refractivity contribution in [1.82, 2.24) is 9.97 Å². The van der Waals surface area contributed by atoms with Crippen LogP contribution in [0.4, 0.5) is 0 Å².